The standard InChI is InChI=1S/C13H21NO5/c1-12(2,3)19-11(16)14-7-13(8-14,9-6-18-9)5-10(15)17-4/h9H,5-8H2,1-4H3. The van der Waals surface area contributed by atoms with E-state index in [1.54, 1.807) is 4.90 Å². The number of hydrogen-bond donors (Lipinski definition) is 0. The first-order chi connectivity index (χ1) is 8.76. The van der Waals surface area contributed by atoms with Crippen LogP contribution in [-0.4, -0.2) is 55.5 Å². The van der Waals surface area contributed by atoms with E-state index in [0.717, 1.165) is 0 Å². The monoisotopic (exact) mass is 271 g/mol. The maximum Gasteiger partial charge on any atom is 0.410 e. The zero-order valence-electron chi connectivity index (χ0n) is 11.9. The molecule has 108 valence electrons. The Kier molecular flexibility index (Phi) is 3.47. The molecule has 0 spiro atoms. The highest BCUT2D eigenvalue weighted by atomic mass is 16.6. The number of epoxide rings is 1. The molecular formula is C13H21NO5. The van der Waals surface area contributed by atoms with Gasteiger partial charge in [-0.2, -0.15) is 0 Å². The summed E-state index contributed by atoms with van der Waals surface area (Å²) >= 11 is 0. The summed E-state index contributed by atoms with van der Waals surface area (Å²) in [6.07, 6.45) is 0.00641. The third kappa shape index (κ3) is 3.18. The van der Waals surface area contributed by atoms with E-state index in [1.165, 1.54) is 7.11 Å². The van der Waals surface area contributed by atoms with Crippen molar-refractivity contribution in [2.45, 2.75) is 38.9 Å². The third-order valence-corrected chi connectivity index (χ3v) is 3.40. The van der Waals surface area contributed by atoms with Crippen LogP contribution < -0.4 is 0 Å². The van der Waals surface area contributed by atoms with Crippen molar-refractivity contribution in [3.05, 3.63) is 0 Å². The van der Waals surface area contributed by atoms with E-state index in [9.17, 15) is 9.59 Å². The zero-order chi connectivity index (χ0) is 14.3. The summed E-state index contributed by atoms with van der Waals surface area (Å²) in [5, 5.41) is 0. The molecule has 0 N–H and O–H groups in total. The Labute approximate surface area is 113 Å². The van der Waals surface area contributed by atoms with E-state index in [4.69, 9.17) is 14.2 Å². The van der Waals surface area contributed by atoms with Gasteiger partial charge in [0, 0.05) is 18.5 Å². The Morgan fingerprint density at radius 2 is 1.95 bits per heavy atom. The Bertz CT molecular complexity index is 377. The van der Waals surface area contributed by atoms with E-state index in [2.05, 4.69) is 0 Å². The summed E-state index contributed by atoms with van der Waals surface area (Å²) in [4.78, 5) is 24.9. The normalized spacial score (nSPS) is 24.4. The van der Waals surface area contributed by atoms with Crippen LogP contribution in [0.4, 0.5) is 4.79 Å². The molecule has 1 atom stereocenters. The van der Waals surface area contributed by atoms with Gasteiger partial charge in [0.15, 0.2) is 0 Å². The first-order valence-electron chi connectivity index (χ1n) is 6.42. The van der Waals surface area contributed by atoms with Gasteiger partial charge in [-0.1, -0.05) is 0 Å². The summed E-state index contributed by atoms with van der Waals surface area (Å²) in [5.41, 5.74) is -0.794. The molecule has 0 aromatic rings. The number of likely N-dealkylation sites (tertiary alicyclic amines) is 1. The van der Waals surface area contributed by atoms with E-state index in [-0.39, 0.29) is 30.0 Å². The molecule has 1 amide bonds. The molecule has 0 saturated carbocycles. The lowest BCUT2D eigenvalue weighted by molar-refractivity contribution is -0.148. The predicted molar refractivity (Wildman–Crippen MR) is 66.6 cm³/mol. The molecular weight excluding hydrogens is 250 g/mol. The minimum absolute atomic E-state index is 0.0605. The topological polar surface area (TPSA) is 68.4 Å². The lowest BCUT2D eigenvalue weighted by Gasteiger charge is -2.48. The number of rotatable bonds is 3. The van der Waals surface area contributed by atoms with Crippen LogP contribution in [0, 0.1) is 5.41 Å². The highest BCUT2D eigenvalue weighted by Gasteiger charge is 2.57. The highest BCUT2D eigenvalue weighted by Crippen LogP contribution is 2.44. The van der Waals surface area contributed by atoms with Crippen LogP contribution in [0.1, 0.15) is 27.2 Å². The van der Waals surface area contributed by atoms with Gasteiger partial charge in [0.2, 0.25) is 0 Å². The van der Waals surface area contributed by atoms with Crippen LogP contribution in [0.25, 0.3) is 0 Å². The summed E-state index contributed by atoms with van der Waals surface area (Å²) in [6.45, 7) is 7.12. The van der Waals surface area contributed by atoms with Crippen LogP contribution in [0.3, 0.4) is 0 Å². The van der Waals surface area contributed by atoms with E-state index < -0.39 is 5.60 Å². The van der Waals surface area contributed by atoms with Crippen LogP contribution >= 0.6 is 0 Å². The van der Waals surface area contributed by atoms with Crippen molar-refractivity contribution in [3.63, 3.8) is 0 Å². The van der Waals surface area contributed by atoms with Crippen molar-refractivity contribution in [1.29, 1.82) is 0 Å². The molecule has 0 aromatic heterocycles. The van der Waals surface area contributed by atoms with Gasteiger partial charge in [-0.15, -0.1) is 0 Å². The number of hydrogen-bond acceptors (Lipinski definition) is 5. The van der Waals surface area contributed by atoms with Crippen molar-refractivity contribution in [3.8, 4) is 0 Å². The van der Waals surface area contributed by atoms with Gasteiger partial charge in [0.05, 0.1) is 26.2 Å². The molecule has 0 radical (unpaired) electrons. The number of amides is 1. The van der Waals surface area contributed by atoms with Crippen LogP contribution in [0.2, 0.25) is 0 Å². The van der Waals surface area contributed by atoms with Gasteiger partial charge in [-0.05, 0) is 20.8 Å². The highest BCUT2D eigenvalue weighted by molar-refractivity contribution is 5.73. The smallest absolute Gasteiger partial charge is 0.410 e. The average Bonchev–Trinajstić information content (AvgIpc) is 3.03. The summed E-state index contributed by atoms with van der Waals surface area (Å²) in [6, 6.07) is 0. The lowest BCUT2D eigenvalue weighted by Crippen LogP contribution is -2.62. The first kappa shape index (κ1) is 14.1. The molecule has 6 heteroatoms. The number of methoxy groups -OCH3 is 1. The Morgan fingerprint density at radius 1 is 1.37 bits per heavy atom. The maximum atomic E-state index is 11.9. The molecule has 2 heterocycles. The van der Waals surface area contributed by atoms with Crippen molar-refractivity contribution < 1.29 is 23.8 Å². The van der Waals surface area contributed by atoms with Gasteiger partial charge in [-0.3, -0.25) is 4.79 Å². The third-order valence-electron chi connectivity index (χ3n) is 3.40. The van der Waals surface area contributed by atoms with Gasteiger partial charge >= 0.3 is 12.1 Å². The lowest BCUT2D eigenvalue weighted by atomic mass is 9.74. The van der Waals surface area contributed by atoms with Crippen molar-refractivity contribution in [2.75, 3.05) is 26.8 Å². The van der Waals surface area contributed by atoms with Crippen molar-refractivity contribution in [1.82, 2.24) is 4.90 Å². The molecule has 2 aliphatic heterocycles. The molecule has 2 rings (SSSR count). The minimum Gasteiger partial charge on any atom is -0.469 e. The van der Waals surface area contributed by atoms with Crippen LogP contribution in [0.5, 0.6) is 0 Å². The number of carbonyl (C=O) groups excluding carboxylic acids is 2. The van der Waals surface area contributed by atoms with Gasteiger partial charge in [0.25, 0.3) is 0 Å². The molecule has 0 bridgehead atoms. The second kappa shape index (κ2) is 4.67. The molecule has 2 aliphatic rings. The van der Waals surface area contributed by atoms with Crippen LogP contribution in [0.15, 0.2) is 0 Å². The number of carbonyl (C=O) groups is 2. The van der Waals surface area contributed by atoms with Crippen molar-refractivity contribution in [2.24, 2.45) is 5.41 Å². The van der Waals surface area contributed by atoms with Gasteiger partial charge in [0.1, 0.15) is 5.60 Å². The fraction of sp³-hybridized carbons (Fsp3) is 0.846. The quantitative estimate of drug-likeness (QED) is 0.569. The van der Waals surface area contributed by atoms with Crippen LogP contribution in [-0.2, 0) is 19.0 Å². The number of esters is 1. The molecule has 2 fully saturated rings. The van der Waals surface area contributed by atoms with E-state index >= 15 is 0 Å². The van der Waals surface area contributed by atoms with E-state index in [1.807, 2.05) is 20.8 Å². The van der Waals surface area contributed by atoms with Gasteiger partial charge < -0.3 is 19.1 Å². The average molecular weight is 271 g/mol. The number of nitrogens with zero attached hydrogens (tertiary/aromatic N) is 1. The molecule has 0 aliphatic carbocycles. The molecule has 19 heavy (non-hydrogen) atoms. The predicted octanol–water partition coefficient (Wildman–Crippen LogP) is 1.19. The van der Waals surface area contributed by atoms with E-state index in [0.29, 0.717) is 19.7 Å². The summed E-state index contributed by atoms with van der Waals surface area (Å²) in [7, 11) is 1.37. The first-order valence-corrected chi connectivity index (χ1v) is 6.42. The second-order valence-electron chi connectivity index (χ2n) is 6.27. The van der Waals surface area contributed by atoms with Crippen molar-refractivity contribution >= 4 is 12.1 Å². The fourth-order valence-electron chi connectivity index (χ4n) is 2.36. The SMILES string of the molecule is COC(=O)CC1(C2CO2)CN(C(=O)OC(C)(C)C)C1. The fourth-order valence-corrected chi connectivity index (χ4v) is 2.36. The largest absolute Gasteiger partial charge is 0.469 e. The molecule has 2 saturated heterocycles. The molecule has 0 aromatic carbocycles. The Morgan fingerprint density at radius 3 is 2.37 bits per heavy atom. The Balaban J connectivity index is 1.91. The summed E-state index contributed by atoms with van der Waals surface area (Å²) < 4.78 is 15.3. The minimum atomic E-state index is -0.506. The summed E-state index contributed by atoms with van der Waals surface area (Å²) in [5.74, 6) is -0.265. The molecule has 6 nitrogen and oxygen atoms in total. The maximum absolute atomic E-state index is 11.9. The van der Waals surface area contributed by atoms with Gasteiger partial charge in [-0.25, -0.2) is 4.79 Å². The number of ether oxygens (including phenoxy) is 3. The molecule has 1 unspecified atom stereocenters. The second-order valence-corrected chi connectivity index (χ2v) is 6.27. The zero-order valence-corrected chi connectivity index (χ0v) is 11.9. The Hall–Kier alpha value is -1.30.